The molecule has 2 N–H and O–H groups in total. The zero-order valence-corrected chi connectivity index (χ0v) is 14.6. The molecule has 0 unspecified atom stereocenters. The van der Waals surface area contributed by atoms with Gasteiger partial charge in [0.15, 0.2) is 0 Å². The summed E-state index contributed by atoms with van der Waals surface area (Å²) in [4.78, 5) is 23.7. The average Bonchev–Trinajstić information content (AvgIpc) is 2.62. The summed E-state index contributed by atoms with van der Waals surface area (Å²) in [5.41, 5.74) is 3.65. The average molecular weight is 360 g/mol. The Balaban J connectivity index is 1.93. The van der Waals surface area contributed by atoms with Crippen LogP contribution in [0, 0.1) is 0 Å². The summed E-state index contributed by atoms with van der Waals surface area (Å²) in [5.74, 6) is -1.09. The molecular formula is C18H18ClN3O3. The van der Waals surface area contributed by atoms with Crippen molar-refractivity contribution in [2.75, 3.05) is 7.11 Å². The van der Waals surface area contributed by atoms with E-state index in [-0.39, 0.29) is 6.04 Å². The molecule has 0 aliphatic carbocycles. The van der Waals surface area contributed by atoms with Crippen LogP contribution < -0.4 is 15.5 Å². The van der Waals surface area contributed by atoms with E-state index in [1.54, 1.807) is 25.1 Å². The predicted molar refractivity (Wildman–Crippen MR) is 96.7 cm³/mol. The Hall–Kier alpha value is -2.86. The molecule has 0 aromatic heterocycles. The Bertz CT molecular complexity index is 778. The van der Waals surface area contributed by atoms with Crippen LogP contribution in [0.3, 0.4) is 0 Å². The number of benzene rings is 2. The van der Waals surface area contributed by atoms with Crippen LogP contribution >= 0.6 is 11.6 Å². The molecule has 6 nitrogen and oxygen atoms in total. The molecule has 0 aliphatic rings. The van der Waals surface area contributed by atoms with E-state index in [4.69, 9.17) is 16.3 Å². The molecule has 0 spiro atoms. The van der Waals surface area contributed by atoms with Gasteiger partial charge in [0.1, 0.15) is 5.75 Å². The minimum atomic E-state index is -0.861. The molecule has 0 saturated carbocycles. The molecule has 1 atom stereocenters. The Labute approximate surface area is 150 Å². The molecule has 2 aromatic carbocycles. The fourth-order valence-electron chi connectivity index (χ4n) is 2.10. The van der Waals surface area contributed by atoms with Gasteiger partial charge in [0, 0.05) is 10.6 Å². The van der Waals surface area contributed by atoms with Gasteiger partial charge in [-0.15, -0.1) is 0 Å². The van der Waals surface area contributed by atoms with Crippen molar-refractivity contribution in [2.24, 2.45) is 5.10 Å². The van der Waals surface area contributed by atoms with Gasteiger partial charge in [-0.3, -0.25) is 9.59 Å². The van der Waals surface area contributed by atoms with Crippen molar-refractivity contribution in [3.63, 3.8) is 0 Å². The Morgan fingerprint density at radius 3 is 2.56 bits per heavy atom. The maximum atomic E-state index is 11.9. The highest BCUT2D eigenvalue weighted by molar-refractivity contribution is 6.35. The van der Waals surface area contributed by atoms with E-state index in [9.17, 15) is 9.59 Å². The standard InChI is InChI=1S/C18H18ClN3O3/c1-12(13-6-4-3-5-7-13)21-17(23)18(24)22-20-11-14-10-15(19)8-9-16(14)25-2/h3-12H,1-2H3,(H,21,23)(H,22,24)/b20-11-/t12-/m1/s1. The molecule has 2 aromatic rings. The van der Waals surface area contributed by atoms with E-state index in [1.807, 2.05) is 30.3 Å². The predicted octanol–water partition coefficient (Wildman–Crippen LogP) is 2.68. The number of hydrogen-bond donors (Lipinski definition) is 2. The van der Waals surface area contributed by atoms with Crippen molar-refractivity contribution in [1.29, 1.82) is 0 Å². The third-order valence-corrected chi connectivity index (χ3v) is 3.65. The minimum absolute atomic E-state index is 0.295. The molecule has 0 aliphatic heterocycles. The van der Waals surface area contributed by atoms with Crippen LogP contribution in [-0.4, -0.2) is 25.1 Å². The fraction of sp³-hybridized carbons (Fsp3) is 0.167. The summed E-state index contributed by atoms with van der Waals surface area (Å²) in [6.45, 7) is 1.79. The summed E-state index contributed by atoms with van der Waals surface area (Å²) in [6.07, 6.45) is 1.36. The molecule has 0 saturated heterocycles. The van der Waals surface area contributed by atoms with E-state index in [1.165, 1.54) is 13.3 Å². The lowest BCUT2D eigenvalue weighted by atomic mass is 10.1. The van der Waals surface area contributed by atoms with E-state index >= 15 is 0 Å². The van der Waals surface area contributed by atoms with E-state index in [0.29, 0.717) is 16.3 Å². The number of hydrazone groups is 1. The van der Waals surface area contributed by atoms with Crippen LogP contribution in [0.2, 0.25) is 5.02 Å². The van der Waals surface area contributed by atoms with Crippen LogP contribution in [0.4, 0.5) is 0 Å². The number of amides is 2. The van der Waals surface area contributed by atoms with Crippen molar-refractivity contribution < 1.29 is 14.3 Å². The van der Waals surface area contributed by atoms with Crippen molar-refractivity contribution in [1.82, 2.24) is 10.7 Å². The summed E-state index contributed by atoms with van der Waals surface area (Å²) >= 11 is 5.91. The first kappa shape index (κ1) is 18.5. The molecular weight excluding hydrogens is 342 g/mol. The van der Waals surface area contributed by atoms with Gasteiger partial charge < -0.3 is 10.1 Å². The van der Waals surface area contributed by atoms with Gasteiger partial charge >= 0.3 is 11.8 Å². The summed E-state index contributed by atoms with van der Waals surface area (Å²) < 4.78 is 5.17. The number of methoxy groups -OCH3 is 1. The van der Waals surface area contributed by atoms with Crippen LogP contribution in [-0.2, 0) is 9.59 Å². The van der Waals surface area contributed by atoms with Crippen molar-refractivity contribution in [2.45, 2.75) is 13.0 Å². The Morgan fingerprint density at radius 1 is 1.16 bits per heavy atom. The highest BCUT2D eigenvalue weighted by Crippen LogP contribution is 2.20. The minimum Gasteiger partial charge on any atom is -0.496 e. The maximum Gasteiger partial charge on any atom is 0.329 e. The van der Waals surface area contributed by atoms with Gasteiger partial charge in [0.25, 0.3) is 0 Å². The SMILES string of the molecule is COc1ccc(Cl)cc1/C=N\NC(=O)C(=O)N[C@H](C)c1ccccc1. The van der Waals surface area contributed by atoms with E-state index in [2.05, 4.69) is 15.8 Å². The van der Waals surface area contributed by atoms with Gasteiger partial charge in [-0.1, -0.05) is 41.9 Å². The number of carbonyl (C=O) groups excluding carboxylic acids is 2. The van der Waals surface area contributed by atoms with Crippen LogP contribution in [0.5, 0.6) is 5.75 Å². The second-order valence-corrected chi connectivity index (χ2v) is 5.63. The number of nitrogens with zero attached hydrogens (tertiary/aromatic N) is 1. The van der Waals surface area contributed by atoms with Gasteiger partial charge in [0.05, 0.1) is 19.4 Å². The molecule has 2 amide bonds. The first-order valence-electron chi connectivity index (χ1n) is 7.53. The number of hydrogen-bond acceptors (Lipinski definition) is 4. The highest BCUT2D eigenvalue weighted by atomic mass is 35.5. The summed E-state index contributed by atoms with van der Waals surface area (Å²) in [7, 11) is 1.51. The first-order chi connectivity index (χ1) is 12.0. The molecule has 2 rings (SSSR count). The number of rotatable bonds is 5. The third kappa shape index (κ3) is 5.32. The topological polar surface area (TPSA) is 79.8 Å². The molecule has 7 heteroatoms. The zero-order chi connectivity index (χ0) is 18.2. The van der Waals surface area contributed by atoms with Gasteiger partial charge in [-0.05, 0) is 30.7 Å². The zero-order valence-electron chi connectivity index (χ0n) is 13.8. The Kier molecular flexibility index (Phi) is 6.54. The lowest BCUT2D eigenvalue weighted by molar-refractivity contribution is -0.139. The van der Waals surface area contributed by atoms with Crippen molar-refractivity contribution in [3.8, 4) is 5.75 Å². The molecule has 0 radical (unpaired) electrons. The van der Waals surface area contributed by atoms with E-state index < -0.39 is 11.8 Å². The number of nitrogens with one attached hydrogen (secondary N) is 2. The monoisotopic (exact) mass is 359 g/mol. The van der Waals surface area contributed by atoms with Crippen molar-refractivity contribution in [3.05, 3.63) is 64.7 Å². The quantitative estimate of drug-likeness (QED) is 0.489. The van der Waals surface area contributed by atoms with Crippen LogP contribution in [0.25, 0.3) is 0 Å². The maximum absolute atomic E-state index is 11.9. The molecule has 130 valence electrons. The molecule has 0 fully saturated rings. The van der Waals surface area contributed by atoms with E-state index in [0.717, 1.165) is 5.56 Å². The number of halogens is 1. The molecule has 0 bridgehead atoms. The second kappa shape index (κ2) is 8.84. The lowest BCUT2D eigenvalue weighted by Crippen LogP contribution is -2.39. The summed E-state index contributed by atoms with van der Waals surface area (Å²) in [6, 6.07) is 14.0. The van der Waals surface area contributed by atoms with Crippen molar-refractivity contribution >= 4 is 29.6 Å². The second-order valence-electron chi connectivity index (χ2n) is 5.19. The number of ether oxygens (including phenoxy) is 1. The normalized spacial score (nSPS) is 11.8. The third-order valence-electron chi connectivity index (χ3n) is 3.41. The fourth-order valence-corrected chi connectivity index (χ4v) is 2.29. The number of carbonyl (C=O) groups is 2. The Morgan fingerprint density at radius 2 is 1.88 bits per heavy atom. The van der Waals surface area contributed by atoms with Crippen LogP contribution in [0.1, 0.15) is 24.1 Å². The van der Waals surface area contributed by atoms with Crippen LogP contribution in [0.15, 0.2) is 53.6 Å². The largest absolute Gasteiger partial charge is 0.496 e. The molecule has 25 heavy (non-hydrogen) atoms. The van der Waals surface area contributed by atoms with Gasteiger partial charge in [-0.2, -0.15) is 5.10 Å². The first-order valence-corrected chi connectivity index (χ1v) is 7.91. The van der Waals surface area contributed by atoms with Gasteiger partial charge in [-0.25, -0.2) is 5.43 Å². The smallest absolute Gasteiger partial charge is 0.329 e. The lowest BCUT2D eigenvalue weighted by Gasteiger charge is -2.13. The molecule has 0 heterocycles. The highest BCUT2D eigenvalue weighted by Gasteiger charge is 2.16. The summed E-state index contributed by atoms with van der Waals surface area (Å²) in [5, 5.41) is 6.88. The van der Waals surface area contributed by atoms with Gasteiger partial charge in [0.2, 0.25) is 0 Å².